The Labute approximate surface area is 120 Å². The summed E-state index contributed by atoms with van der Waals surface area (Å²) in [6.07, 6.45) is -1.96. The van der Waals surface area contributed by atoms with Gasteiger partial charge in [0.25, 0.3) is 0 Å². The first-order valence-electron chi connectivity index (χ1n) is 3.04. The van der Waals surface area contributed by atoms with E-state index in [1.54, 1.807) is 0 Å². The number of carboxylic acid groups (broad SMARTS) is 2. The van der Waals surface area contributed by atoms with Gasteiger partial charge >= 0.3 is 59.1 Å². The maximum absolute atomic E-state index is 10.1. The monoisotopic (exact) mass is 206 g/mol. The summed E-state index contributed by atoms with van der Waals surface area (Å²) in [5.41, 5.74) is 0. The van der Waals surface area contributed by atoms with Crippen molar-refractivity contribution < 1.29 is 84.0 Å². The second-order valence-corrected chi connectivity index (χ2v) is 2.24. The minimum absolute atomic E-state index is 0. The van der Waals surface area contributed by atoms with Crippen LogP contribution in [0.1, 0.15) is 13.3 Å². The molecule has 2 atom stereocenters. The van der Waals surface area contributed by atoms with Gasteiger partial charge in [0, 0.05) is 17.9 Å². The summed E-state index contributed by atoms with van der Waals surface area (Å²) >= 11 is 0. The molecule has 0 aliphatic rings. The molecular weight excluding hydrogens is 198 g/mol. The number of carboxylic acids is 2. The number of aliphatic hydroxyl groups is 1. The summed E-state index contributed by atoms with van der Waals surface area (Å²) in [5.74, 6) is -4.48. The molecule has 0 aliphatic heterocycles. The van der Waals surface area contributed by atoms with Crippen molar-refractivity contribution >= 4 is 11.9 Å². The third kappa shape index (κ3) is 9.21. The van der Waals surface area contributed by atoms with Crippen LogP contribution in [0.25, 0.3) is 0 Å². The molecule has 0 aliphatic carbocycles. The predicted molar refractivity (Wildman–Crippen MR) is 29.8 cm³/mol. The molecule has 0 bridgehead atoms. The van der Waals surface area contributed by atoms with Gasteiger partial charge in [-0.25, -0.2) is 0 Å². The minimum Gasteiger partial charge on any atom is -0.550 e. The summed E-state index contributed by atoms with van der Waals surface area (Å²) in [7, 11) is 0. The van der Waals surface area contributed by atoms with Gasteiger partial charge in [0.15, 0.2) is 0 Å². The van der Waals surface area contributed by atoms with E-state index in [1.165, 1.54) is 6.92 Å². The standard InChI is InChI=1S/C6H10O5.2Na/c1-3(7)4(6(10)11)2-5(8)9;;/h3-4,7H,2H2,1H3,(H,8,9)(H,10,11);;/q;2*+1/p-2. The fourth-order valence-electron chi connectivity index (χ4n) is 0.630. The second-order valence-electron chi connectivity index (χ2n) is 2.24. The largest absolute Gasteiger partial charge is 1.00 e. The van der Waals surface area contributed by atoms with E-state index in [-0.39, 0.29) is 59.1 Å². The average molecular weight is 206 g/mol. The van der Waals surface area contributed by atoms with Crippen LogP contribution in [0.15, 0.2) is 0 Å². The van der Waals surface area contributed by atoms with E-state index in [4.69, 9.17) is 5.11 Å². The van der Waals surface area contributed by atoms with Crippen LogP contribution in [0.4, 0.5) is 0 Å². The van der Waals surface area contributed by atoms with Crippen molar-refractivity contribution in [3.63, 3.8) is 0 Å². The Kier molecular flexibility index (Phi) is 14.2. The first-order chi connectivity index (χ1) is 4.95. The number of aliphatic hydroxyl groups excluding tert-OH is 1. The van der Waals surface area contributed by atoms with Crippen molar-refractivity contribution in [2.45, 2.75) is 19.4 Å². The Morgan fingerprint density at radius 1 is 1.31 bits per heavy atom. The first kappa shape index (κ1) is 19.5. The van der Waals surface area contributed by atoms with E-state index in [0.29, 0.717) is 0 Å². The second kappa shape index (κ2) is 9.45. The summed E-state index contributed by atoms with van der Waals surface area (Å²) in [6, 6.07) is 0. The van der Waals surface area contributed by atoms with Gasteiger partial charge in [-0.1, -0.05) is 0 Å². The molecule has 0 aromatic carbocycles. The number of hydrogen-bond donors (Lipinski definition) is 1. The zero-order valence-corrected chi connectivity index (χ0v) is 11.9. The Hall–Kier alpha value is 0.900. The summed E-state index contributed by atoms with van der Waals surface area (Å²) < 4.78 is 0. The Balaban J connectivity index is -0.000000500. The normalized spacial score (nSPS) is 13.1. The molecule has 1 N–H and O–H groups in total. The molecule has 0 aromatic rings. The Morgan fingerprint density at radius 3 is 1.77 bits per heavy atom. The predicted octanol–water partition coefficient (Wildman–Crippen LogP) is -9.12. The molecule has 0 rings (SSSR count). The molecule has 13 heavy (non-hydrogen) atoms. The van der Waals surface area contributed by atoms with E-state index in [9.17, 15) is 19.8 Å². The van der Waals surface area contributed by atoms with Crippen molar-refractivity contribution in [3.8, 4) is 0 Å². The maximum Gasteiger partial charge on any atom is 1.00 e. The zero-order chi connectivity index (χ0) is 9.02. The number of carbonyl (C=O) groups is 2. The Bertz CT molecular complexity index is 170. The van der Waals surface area contributed by atoms with Gasteiger partial charge in [0.1, 0.15) is 0 Å². The molecule has 5 nitrogen and oxygen atoms in total. The molecule has 64 valence electrons. The molecular formula is C6H8Na2O5. The Morgan fingerprint density at radius 2 is 1.69 bits per heavy atom. The van der Waals surface area contributed by atoms with Crippen LogP contribution in [0.2, 0.25) is 0 Å². The van der Waals surface area contributed by atoms with Gasteiger partial charge < -0.3 is 24.9 Å². The van der Waals surface area contributed by atoms with E-state index in [0.717, 1.165) is 0 Å². The number of aliphatic carboxylic acids is 2. The molecule has 0 radical (unpaired) electrons. The van der Waals surface area contributed by atoms with E-state index in [2.05, 4.69) is 0 Å². The number of rotatable bonds is 4. The SMILES string of the molecule is CC(O)C(CC(=O)[O-])C(=O)[O-].[Na+].[Na+]. The minimum atomic E-state index is -1.58. The molecule has 0 spiro atoms. The topological polar surface area (TPSA) is 100 Å². The van der Waals surface area contributed by atoms with Crippen LogP contribution in [0.3, 0.4) is 0 Å². The van der Waals surface area contributed by atoms with Crippen molar-refractivity contribution in [2.75, 3.05) is 0 Å². The third-order valence-corrected chi connectivity index (χ3v) is 1.27. The number of hydrogen-bond acceptors (Lipinski definition) is 5. The first-order valence-corrected chi connectivity index (χ1v) is 3.04. The molecule has 0 aromatic heterocycles. The molecule has 0 amide bonds. The third-order valence-electron chi connectivity index (χ3n) is 1.27. The molecule has 0 heterocycles. The van der Waals surface area contributed by atoms with Crippen LogP contribution in [-0.2, 0) is 9.59 Å². The van der Waals surface area contributed by atoms with Crippen LogP contribution >= 0.6 is 0 Å². The maximum atomic E-state index is 10.1. The fourth-order valence-corrected chi connectivity index (χ4v) is 0.630. The van der Waals surface area contributed by atoms with Gasteiger partial charge in [-0.3, -0.25) is 0 Å². The molecule has 0 saturated heterocycles. The van der Waals surface area contributed by atoms with Gasteiger partial charge in [-0.2, -0.15) is 0 Å². The molecule has 0 fully saturated rings. The molecule has 2 unspecified atom stereocenters. The number of carbonyl (C=O) groups excluding carboxylic acids is 2. The van der Waals surface area contributed by atoms with Crippen molar-refractivity contribution in [1.82, 2.24) is 0 Å². The van der Waals surface area contributed by atoms with Crippen LogP contribution in [0, 0.1) is 5.92 Å². The summed E-state index contributed by atoms with van der Waals surface area (Å²) in [4.78, 5) is 20.0. The smallest absolute Gasteiger partial charge is 0.550 e. The quantitative estimate of drug-likeness (QED) is 0.460. The fraction of sp³-hybridized carbons (Fsp3) is 0.667. The molecule has 7 heteroatoms. The molecule has 0 saturated carbocycles. The van der Waals surface area contributed by atoms with Crippen molar-refractivity contribution in [1.29, 1.82) is 0 Å². The summed E-state index contributed by atoms with van der Waals surface area (Å²) in [6.45, 7) is 1.18. The van der Waals surface area contributed by atoms with Crippen molar-refractivity contribution in [2.24, 2.45) is 5.92 Å². The van der Waals surface area contributed by atoms with Gasteiger partial charge in [0.2, 0.25) is 0 Å². The van der Waals surface area contributed by atoms with E-state index >= 15 is 0 Å². The van der Waals surface area contributed by atoms with Gasteiger partial charge in [0.05, 0.1) is 6.10 Å². The van der Waals surface area contributed by atoms with Gasteiger partial charge in [-0.15, -0.1) is 0 Å². The van der Waals surface area contributed by atoms with Crippen molar-refractivity contribution in [3.05, 3.63) is 0 Å². The summed E-state index contributed by atoms with van der Waals surface area (Å²) in [5, 5.41) is 28.7. The zero-order valence-electron chi connectivity index (χ0n) is 7.94. The van der Waals surface area contributed by atoms with Gasteiger partial charge in [-0.05, 0) is 13.3 Å². The van der Waals surface area contributed by atoms with E-state index in [1.807, 2.05) is 0 Å². The van der Waals surface area contributed by atoms with Crippen LogP contribution < -0.4 is 69.3 Å². The van der Waals surface area contributed by atoms with Crippen LogP contribution in [-0.4, -0.2) is 23.1 Å². The van der Waals surface area contributed by atoms with E-state index < -0.39 is 30.4 Å². The van der Waals surface area contributed by atoms with Crippen LogP contribution in [0.5, 0.6) is 0 Å². The average Bonchev–Trinajstić information content (AvgIpc) is 1.81.